The lowest BCUT2D eigenvalue weighted by molar-refractivity contribution is -0.148. The number of aliphatic carboxylic acids is 1. The fourth-order valence-electron chi connectivity index (χ4n) is 1.71. The summed E-state index contributed by atoms with van der Waals surface area (Å²) in [7, 11) is 0. The first kappa shape index (κ1) is 12.0. The van der Waals surface area contributed by atoms with Gasteiger partial charge in [-0.1, -0.05) is 0 Å². The van der Waals surface area contributed by atoms with Crippen molar-refractivity contribution in [2.24, 2.45) is 5.73 Å². The Morgan fingerprint density at radius 3 is 2.71 bits per heavy atom. The van der Waals surface area contributed by atoms with Crippen LogP contribution in [-0.2, 0) is 11.3 Å². The van der Waals surface area contributed by atoms with Crippen LogP contribution in [0.2, 0.25) is 0 Å². The van der Waals surface area contributed by atoms with Gasteiger partial charge in [0.25, 0.3) is 5.91 Å². The van der Waals surface area contributed by atoms with Crippen molar-refractivity contribution in [3.63, 3.8) is 0 Å². The fourth-order valence-corrected chi connectivity index (χ4v) is 2.37. The van der Waals surface area contributed by atoms with Crippen molar-refractivity contribution >= 4 is 23.2 Å². The maximum absolute atomic E-state index is 11.8. The summed E-state index contributed by atoms with van der Waals surface area (Å²) >= 11 is 1.29. The van der Waals surface area contributed by atoms with E-state index in [1.807, 2.05) is 0 Å². The third-order valence-electron chi connectivity index (χ3n) is 2.93. The zero-order chi connectivity index (χ0) is 12.5. The molecule has 17 heavy (non-hydrogen) atoms. The van der Waals surface area contributed by atoms with Gasteiger partial charge in [-0.15, -0.1) is 11.3 Å². The lowest BCUT2D eigenvalue weighted by Crippen LogP contribution is -2.59. The molecule has 0 aromatic carbocycles. The summed E-state index contributed by atoms with van der Waals surface area (Å²) in [6.07, 6.45) is 1.77. The quantitative estimate of drug-likeness (QED) is 0.719. The Morgan fingerprint density at radius 2 is 2.29 bits per heavy atom. The Bertz CT molecular complexity index is 453. The molecule has 4 N–H and O–H groups in total. The van der Waals surface area contributed by atoms with Gasteiger partial charge in [-0.3, -0.25) is 4.79 Å². The zero-order valence-corrected chi connectivity index (χ0v) is 9.92. The first-order valence-electron chi connectivity index (χ1n) is 5.28. The van der Waals surface area contributed by atoms with Crippen molar-refractivity contribution in [3.05, 3.63) is 16.1 Å². The molecular formula is C10H13N3O3S. The van der Waals surface area contributed by atoms with Crippen LogP contribution in [0.4, 0.5) is 0 Å². The summed E-state index contributed by atoms with van der Waals surface area (Å²) in [5.74, 6) is -1.42. The molecule has 0 atom stereocenters. The second-order valence-electron chi connectivity index (χ2n) is 4.03. The molecule has 1 aliphatic carbocycles. The molecule has 0 aliphatic heterocycles. The van der Waals surface area contributed by atoms with Crippen LogP contribution >= 0.6 is 11.3 Å². The van der Waals surface area contributed by atoms with Gasteiger partial charge in [0, 0.05) is 11.9 Å². The van der Waals surface area contributed by atoms with Crippen molar-refractivity contribution in [1.82, 2.24) is 10.3 Å². The first-order chi connectivity index (χ1) is 8.07. The van der Waals surface area contributed by atoms with Crippen LogP contribution in [-0.4, -0.2) is 27.5 Å². The highest BCUT2D eigenvalue weighted by Gasteiger charge is 2.46. The molecule has 1 heterocycles. The van der Waals surface area contributed by atoms with Gasteiger partial charge in [-0.25, -0.2) is 9.78 Å². The summed E-state index contributed by atoms with van der Waals surface area (Å²) < 4.78 is 0. The maximum atomic E-state index is 11.8. The van der Waals surface area contributed by atoms with E-state index in [0.29, 0.717) is 17.8 Å². The van der Waals surface area contributed by atoms with Crippen LogP contribution < -0.4 is 11.1 Å². The minimum absolute atomic E-state index is 0.239. The topological polar surface area (TPSA) is 105 Å². The molecule has 92 valence electrons. The number of carboxylic acids is 1. The Balaban J connectivity index is 2.08. The average molecular weight is 255 g/mol. The first-order valence-corrected chi connectivity index (χ1v) is 6.16. The molecule has 1 saturated carbocycles. The fraction of sp³-hybridized carbons (Fsp3) is 0.500. The third kappa shape index (κ3) is 2.16. The predicted molar refractivity (Wildman–Crippen MR) is 61.7 cm³/mol. The molecule has 1 aromatic heterocycles. The van der Waals surface area contributed by atoms with E-state index in [2.05, 4.69) is 10.3 Å². The van der Waals surface area contributed by atoms with Crippen LogP contribution in [0, 0.1) is 0 Å². The van der Waals surface area contributed by atoms with Crippen molar-refractivity contribution in [1.29, 1.82) is 0 Å². The van der Waals surface area contributed by atoms with Gasteiger partial charge in [-0.05, 0) is 19.3 Å². The Morgan fingerprint density at radius 1 is 1.59 bits per heavy atom. The molecule has 1 aromatic rings. The zero-order valence-electron chi connectivity index (χ0n) is 9.10. The largest absolute Gasteiger partial charge is 0.480 e. The molecule has 1 fully saturated rings. The van der Waals surface area contributed by atoms with Crippen LogP contribution in [0.3, 0.4) is 0 Å². The van der Waals surface area contributed by atoms with E-state index in [0.717, 1.165) is 6.42 Å². The number of nitrogens with one attached hydrogen (secondary N) is 1. The van der Waals surface area contributed by atoms with Gasteiger partial charge < -0.3 is 16.2 Å². The molecule has 0 radical (unpaired) electrons. The average Bonchev–Trinajstić information content (AvgIpc) is 2.71. The number of carbonyl (C=O) groups excluding carboxylic acids is 1. The highest BCUT2D eigenvalue weighted by molar-refractivity contribution is 7.09. The lowest BCUT2D eigenvalue weighted by Gasteiger charge is -2.37. The molecule has 6 nitrogen and oxygen atoms in total. The number of thiazole rings is 1. The van der Waals surface area contributed by atoms with E-state index in [9.17, 15) is 9.59 Å². The van der Waals surface area contributed by atoms with Gasteiger partial charge in [0.2, 0.25) is 0 Å². The molecule has 0 spiro atoms. The van der Waals surface area contributed by atoms with Gasteiger partial charge in [0.1, 0.15) is 16.2 Å². The molecule has 0 bridgehead atoms. The van der Waals surface area contributed by atoms with E-state index in [4.69, 9.17) is 10.8 Å². The number of nitrogens with zero attached hydrogens (tertiary/aromatic N) is 1. The summed E-state index contributed by atoms with van der Waals surface area (Å²) in [4.78, 5) is 26.9. The standard InChI is InChI=1S/C10H13N3O3S/c11-4-7-12-6(5-17-7)8(14)13-10(9(15)16)2-1-3-10/h5H,1-4,11H2,(H,13,14)(H,15,16). The Hall–Kier alpha value is -1.47. The van der Waals surface area contributed by atoms with Crippen molar-refractivity contribution < 1.29 is 14.7 Å². The van der Waals surface area contributed by atoms with Crippen molar-refractivity contribution in [2.75, 3.05) is 0 Å². The highest BCUT2D eigenvalue weighted by atomic mass is 32.1. The molecule has 1 aliphatic rings. The number of rotatable bonds is 4. The number of hydrogen-bond acceptors (Lipinski definition) is 5. The maximum Gasteiger partial charge on any atom is 0.329 e. The van der Waals surface area contributed by atoms with E-state index >= 15 is 0 Å². The monoisotopic (exact) mass is 255 g/mol. The van der Waals surface area contributed by atoms with E-state index in [1.54, 1.807) is 5.38 Å². The summed E-state index contributed by atoms with van der Waals surface area (Å²) in [6, 6.07) is 0. The number of aromatic nitrogens is 1. The number of amides is 1. The number of carboxylic acid groups (broad SMARTS) is 1. The summed E-state index contributed by atoms with van der Waals surface area (Å²) in [5, 5.41) is 13.9. The highest BCUT2D eigenvalue weighted by Crippen LogP contribution is 2.32. The van der Waals surface area contributed by atoms with E-state index < -0.39 is 17.4 Å². The van der Waals surface area contributed by atoms with Crippen LogP contribution in [0.25, 0.3) is 0 Å². The number of nitrogens with two attached hydrogens (primary N) is 1. The lowest BCUT2D eigenvalue weighted by atomic mass is 9.76. The summed E-state index contributed by atoms with van der Waals surface area (Å²) in [6.45, 7) is 0.280. The molecule has 7 heteroatoms. The van der Waals surface area contributed by atoms with Crippen LogP contribution in [0.5, 0.6) is 0 Å². The molecule has 0 saturated heterocycles. The normalized spacial score (nSPS) is 17.2. The van der Waals surface area contributed by atoms with Crippen molar-refractivity contribution in [3.8, 4) is 0 Å². The summed E-state index contributed by atoms with van der Waals surface area (Å²) in [5.41, 5.74) is 4.54. The van der Waals surface area contributed by atoms with Gasteiger partial charge in [0.05, 0.1) is 0 Å². The van der Waals surface area contributed by atoms with Gasteiger partial charge in [-0.2, -0.15) is 0 Å². The molecule has 1 amide bonds. The Kier molecular flexibility index (Phi) is 3.12. The molecule has 0 unspecified atom stereocenters. The SMILES string of the molecule is NCc1nc(C(=O)NC2(C(=O)O)CCC2)cs1. The molecular weight excluding hydrogens is 242 g/mol. The van der Waals surface area contributed by atoms with Crippen molar-refractivity contribution in [2.45, 2.75) is 31.3 Å². The number of carbonyl (C=O) groups is 2. The second-order valence-corrected chi connectivity index (χ2v) is 4.97. The second kappa shape index (κ2) is 4.42. The van der Waals surface area contributed by atoms with Crippen LogP contribution in [0.1, 0.15) is 34.8 Å². The molecule has 2 rings (SSSR count). The Labute approximate surface area is 102 Å². The van der Waals surface area contributed by atoms with Crippen LogP contribution in [0.15, 0.2) is 5.38 Å². The smallest absolute Gasteiger partial charge is 0.329 e. The van der Waals surface area contributed by atoms with Gasteiger partial charge >= 0.3 is 5.97 Å². The predicted octanol–water partition coefficient (Wildman–Crippen LogP) is 0.339. The number of hydrogen-bond donors (Lipinski definition) is 3. The van der Waals surface area contributed by atoms with E-state index in [-0.39, 0.29) is 12.2 Å². The minimum atomic E-state index is -1.09. The van der Waals surface area contributed by atoms with E-state index in [1.165, 1.54) is 11.3 Å². The minimum Gasteiger partial charge on any atom is -0.480 e. The van der Waals surface area contributed by atoms with Gasteiger partial charge in [0.15, 0.2) is 0 Å². The third-order valence-corrected chi connectivity index (χ3v) is 3.80.